The first-order valence-corrected chi connectivity index (χ1v) is 17.8. The molecule has 1 saturated heterocycles. The Hall–Kier alpha value is -2.82. The highest BCUT2D eigenvalue weighted by Crippen LogP contribution is 2.55. The molecule has 1 fully saturated rings. The average Bonchev–Trinajstić information content (AvgIpc) is 3.71. The van der Waals surface area contributed by atoms with Crippen molar-refractivity contribution in [1.82, 2.24) is 4.90 Å². The van der Waals surface area contributed by atoms with E-state index in [0.717, 1.165) is 62.7 Å². The lowest BCUT2D eigenvalue weighted by molar-refractivity contribution is -0.179. The Labute approximate surface area is 279 Å². The molecule has 5 rings (SSSR count). The third kappa shape index (κ3) is 8.08. The first-order valence-electron chi connectivity index (χ1n) is 17.8. The molecule has 2 unspecified atom stereocenters. The second kappa shape index (κ2) is 15.2. The van der Waals surface area contributed by atoms with E-state index < -0.39 is 41.2 Å². The van der Waals surface area contributed by atoms with Crippen LogP contribution in [0.3, 0.4) is 0 Å². The summed E-state index contributed by atoms with van der Waals surface area (Å²) in [6, 6.07) is 4.04. The minimum atomic E-state index is -2.13. The zero-order chi connectivity index (χ0) is 33.7. The Balaban J connectivity index is 1.34. The van der Waals surface area contributed by atoms with Gasteiger partial charge in [-0.1, -0.05) is 45.4 Å². The molecular formula is C37H55NO9. The lowest BCUT2D eigenvalue weighted by Gasteiger charge is -2.39. The van der Waals surface area contributed by atoms with Crippen LogP contribution in [0, 0.1) is 0 Å². The van der Waals surface area contributed by atoms with Crippen LogP contribution in [0.25, 0.3) is 0 Å². The minimum Gasteiger partial charge on any atom is -0.497 e. The van der Waals surface area contributed by atoms with Gasteiger partial charge in [0.25, 0.3) is 0 Å². The zero-order valence-corrected chi connectivity index (χ0v) is 28.8. The second-order valence-electron chi connectivity index (χ2n) is 14.5. The van der Waals surface area contributed by atoms with Crippen LogP contribution >= 0.6 is 0 Å². The van der Waals surface area contributed by atoms with E-state index >= 15 is 0 Å². The summed E-state index contributed by atoms with van der Waals surface area (Å²) < 4.78 is 29.2. The van der Waals surface area contributed by atoms with Crippen molar-refractivity contribution >= 4 is 11.9 Å². The number of hydrogen-bond donors (Lipinski definition) is 2. The van der Waals surface area contributed by atoms with Gasteiger partial charge in [0.1, 0.15) is 5.76 Å². The highest BCUT2D eigenvalue weighted by atomic mass is 16.7. The van der Waals surface area contributed by atoms with E-state index in [1.54, 1.807) is 21.0 Å². The van der Waals surface area contributed by atoms with Crippen molar-refractivity contribution < 1.29 is 43.5 Å². The van der Waals surface area contributed by atoms with Crippen LogP contribution in [-0.4, -0.2) is 83.5 Å². The van der Waals surface area contributed by atoms with Gasteiger partial charge in [-0.3, -0.25) is 9.69 Å². The van der Waals surface area contributed by atoms with Gasteiger partial charge in [-0.05, 0) is 94.7 Å². The number of esters is 2. The van der Waals surface area contributed by atoms with Gasteiger partial charge >= 0.3 is 11.9 Å². The van der Waals surface area contributed by atoms with Gasteiger partial charge in [-0.25, -0.2) is 4.79 Å². The van der Waals surface area contributed by atoms with Crippen molar-refractivity contribution in [3.05, 3.63) is 35.1 Å². The molecule has 3 aliphatic heterocycles. The maximum atomic E-state index is 14.1. The molecule has 10 nitrogen and oxygen atoms in total. The van der Waals surface area contributed by atoms with Crippen molar-refractivity contribution in [3.8, 4) is 11.5 Å². The molecule has 2 N–H and O–H groups in total. The normalized spacial score (nSPS) is 24.4. The summed E-state index contributed by atoms with van der Waals surface area (Å²) in [6.45, 7) is 7.70. The molecule has 0 bridgehead atoms. The van der Waals surface area contributed by atoms with Crippen LogP contribution < -0.4 is 9.47 Å². The van der Waals surface area contributed by atoms with Gasteiger partial charge in [0.05, 0.1) is 37.2 Å². The first kappa shape index (κ1) is 35.5. The number of hydrogen-bond acceptors (Lipinski definition) is 10. The van der Waals surface area contributed by atoms with Crippen LogP contribution in [0.5, 0.6) is 11.5 Å². The number of unbranched alkanes of at least 4 members (excludes halogenated alkanes) is 6. The van der Waals surface area contributed by atoms with Gasteiger partial charge in [0, 0.05) is 6.54 Å². The molecule has 1 aliphatic carbocycles. The Bertz CT molecular complexity index is 1290. The van der Waals surface area contributed by atoms with Gasteiger partial charge in [0.2, 0.25) is 6.79 Å². The number of benzene rings is 1. The first-order chi connectivity index (χ1) is 22.5. The number of rotatable bonds is 17. The molecule has 0 radical (unpaired) electrons. The van der Waals surface area contributed by atoms with Crippen molar-refractivity contribution in [1.29, 1.82) is 0 Å². The molecule has 0 saturated carbocycles. The molecule has 10 heteroatoms. The number of aliphatic hydroxyl groups is 2. The monoisotopic (exact) mass is 657 g/mol. The molecule has 47 heavy (non-hydrogen) atoms. The van der Waals surface area contributed by atoms with Crippen LogP contribution in [0.2, 0.25) is 0 Å². The quantitative estimate of drug-likeness (QED) is 0.159. The number of nitrogens with zero attached hydrogens (tertiary/aromatic N) is 1. The van der Waals surface area contributed by atoms with E-state index in [1.165, 1.54) is 25.7 Å². The molecular weight excluding hydrogens is 602 g/mol. The molecule has 1 spiro atoms. The molecule has 4 aliphatic rings. The summed E-state index contributed by atoms with van der Waals surface area (Å²) in [7, 11) is 1.57. The van der Waals surface area contributed by atoms with Crippen LogP contribution in [0.1, 0.15) is 121 Å². The van der Waals surface area contributed by atoms with Crippen LogP contribution in [0.4, 0.5) is 0 Å². The second-order valence-corrected chi connectivity index (χ2v) is 14.5. The third-order valence-corrected chi connectivity index (χ3v) is 10.4. The standard InChI is InChI=1S/C37H55NO9/c1-5-6-7-8-9-10-11-20-44-31(39)24-37(42,17-12-15-35(2,3)41)34(40)47-33-30(43-4)23-36-16-13-18-38(36)19-14-26-21-28-29(46-25-45-28)22-27(26)32(33)36/h21-23,32-33,41-42H,5-20,24-25H2,1-4H3/t32-,33?,36?,37-/m1/s1. The van der Waals surface area contributed by atoms with Crippen molar-refractivity contribution in [2.24, 2.45) is 0 Å². The Morgan fingerprint density at radius 2 is 1.72 bits per heavy atom. The maximum absolute atomic E-state index is 14.1. The molecule has 4 atom stereocenters. The third-order valence-electron chi connectivity index (χ3n) is 10.4. The number of carbonyl (C=O) groups excluding carboxylic acids is 2. The van der Waals surface area contributed by atoms with Gasteiger partial charge in [-0.15, -0.1) is 0 Å². The van der Waals surface area contributed by atoms with Crippen LogP contribution in [0.15, 0.2) is 24.0 Å². The lowest BCUT2D eigenvalue weighted by Crippen LogP contribution is -2.49. The fourth-order valence-electron chi connectivity index (χ4n) is 7.93. The Morgan fingerprint density at radius 3 is 2.45 bits per heavy atom. The zero-order valence-electron chi connectivity index (χ0n) is 28.8. The molecule has 0 amide bonds. The van der Waals surface area contributed by atoms with Gasteiger partial charge in [-0.2, -0.15) is 0 Å². The number of methoxy groups -OCH3 is 1. The predicted octanol–water partition coefficient (Wildman–Crippen LogP) is 5.70. The highest BCUT2D eigenvalue weighted by molar-refractivity contribution is 5.86. The Kier molecular flexibility index (Phi) is 11.4. The summed E-state index contributed by atoms with van der Waals surface area (Å²) in [6.07, 6.45) is 11.6. The average molecular weight is 658 g/mol. The van der Waals surface area contributed by atoms with E-state index in [9.17, 15) is 19.8 Å². The number of fused-ring (bicyclic) bond motifs is 3. The summed E-state index contributed by atoms with van der Waals surface area (Å²) >= 11 is 0. The number of ether oxygens (including phenoxy) is 5. The lowest BCUT2D eigenvalue weighted by atomic mass is 9.77. The summed E-state index contributed by atoms with van der Waals surface area (Å²) in [5.41, 5.74) is -1.43. The minimum absolute atomic E-state index is 0.0572. The topological polar surface area (TPSA) is 124 Å². The molecule has 262 valence electrons. The van der Waals surface area contributed by atoms with Crippen molar-refractivity contribution in [2.75, 3.05) is 33.6 Å². The molecule has 1 aromatic carbocycles. The van der Waals surface area contributed by atoms with Crippen molar-refractivity contribution in [2.45, 2.75) is 139 Å². The molecule has 1 aromatic rings. The fourth-order valence-corrected chi connectivity index (χ4v) is 7.93. The summed E-state index contributed by atoms with van der Waals surface area (Å²) in [4.78, 5) is 29.6. The van der Waals surface area contributed by atoms with E-state index in [-0.39, 0.29) is 25.7 Å². The van der Waals surface area contributed by atoms with Crippen molar-refractivity contribution in [3.63, 3.8) is 0 Å². The van der Waals surface area contributed by atoms with E-state index in [0.29, 0.717) is 30.1 Å². The predicted molar refractivity (Wildman–Crippen MR) is 176 cm³/mol. The smallest absolute Gasteiger partial charge is 0.339 e. The Morgan fingerprint density at radius 1 is 1.00 bits per heavy atom. The fraction of sp³-hybridized carbons (Fsp3) is 0.730. The SMILES string of the molecule is CCCCCCCCCOC(=O)C[C@](O)(CCCC(C)(C)O)C(=O)OC1C(OC)=CC23CCCN2CCc2cc4c(cc2[C@H]13)OCO4. The summed E-state index contributed by atoms with van der Waals surface area (Å²) in [5.74, 6) is 0.0679. The highest BCUT2D eigenvalue weighted by Gasteiger charge is 2.59. The maximum Gasteiger partial charge on any atom is 0.339 e. The van der Waals surface area contributed by atoms with Gasteiger partial charge in [0.15, 0.2) is 23.2 Å². The van der Waals surface area contributed by atoms with E-state index in [4.69, 9.17) is 23.7 Å². The summed E-state index contributed by atoms with van der Waals surface area (Å²) in [5, 5.41) is 22.2. The molecule has 0 aromatic heterocycles. The van der Waals surface area contributed by atoms with Gasteiger partial charge < -0.3 is 33.9 Å². The number of carbonyl (C=O) groups is 2. The largest absolute Gasteiger partial charge is 0.497 e. The van der Waals surface area contributed by atoms with E-state index in [2.05, 4.69) is 17.9 Å². The molecule has 3 heterocycles. The van der Waals surface area contributed by atoms with E-state index in [1.807, 2.05) is 12.1 Å². The van der Waals surface area contributed by atoms with Crippen LogP contribution in [-0.2, 0) is 30.2 Å².